The lowest BCUT2D eigenvalue weighted by Crippen LogP contribution is -2.22. The van der Waals surface area contributed by atoms with Crippen molar-refractivity contribution in [3.63, 3.8) is 0 Å². The molecule has 0 radical (unpaired) electrons. The second-order valence-electron chi connectivity index (χ2n) is 4.58. The van der Waals surface area contributed by atoms with E-state index in [2.05, 4.69) is 4.52 Å². The average Bonchev–Trinajstić information content (AvgIpc) is 2.97. The predicted molar refractivity (Wildman–Crippen MR) is 67.8 cm³/mol. The third kappa shape index (κ3) is 5.37. The van der Waals surface area contributed by atoms with Crippen molar-refractivity contribution in [1.29, 1.82) is 0 Å². The standard InChI is InChI=1S/C12H19O6P/c13-19(14,15)16-9-12(17-10-5-1-2-6-10)18-11-7-3-4-8-11/h5,7,12H,1-4,6,8-9H2,(H2,13,14,15). The zero-order valence-corrected chi connectivity index (χ0v) is 11.6. The summed E-state index contributed by atoms with van der Waals surface area (Å²) in [5.41, 5.74) is 0. The van der Waals surface area contributed by atoms with Crippen LogP contribution in [0.3, 0.4) is 0 Å². The third-order valence-corrected chi connectivity index (χ3v) is 3.43. The van der Waals surface area contributed by atoms with Gasteiger partial charge in [-0.25, -0.2) is 4.57 Å². The fraction of sp³-hybridized carbons (Fsp3) is 0.667. The number of hydrogen-bond donors (Lipinski definition) is 2. The Balaban J connectivity index is 1.89. The molecule has 0 aromatic rings. The molecular weight excluding hydrogens is 271 g/mol. The maximum Gasteiger partial charge on any atom is 0.469 e. The summed E-state index contributed by atoms with van der Waals surface area (Å²) in [7, 11) is -4.51. The van der Waals surface area contributed by atoms with Crippen molar-refractivity contribution in [1.82, 2.24) is 0 Å². The van der Waals surface area contributed by atoms with Crippen LogP contribution < -0.4 is 0 Å². The monoisotopic (exact) mass is 290 g/mol. The van der Waals surface area contributed by atoms with Gasteiger partial charge in [0, 0.05) is 12.8 Å². The molecular formula is C12H19O6P. The van der Waals surface area contributed by atoms with Gasteiger partial charge in [-0.15, -0.1) is 0 Å². The summed E-state index contributed by atoms with van der Waals surface area (Å²) in [4.78, 5) is 17.5. The highest BCUT2D eigenvalue weighted by atomic mass is 31.2. The highest BCUT2D eigenvalue weighted by molar-refractivity contribution is 7.46. The average molecular weight is 290 g/mol. The van der Waals surface area contributed by atoms with Gasteiger partial charge in [0.2, 0.25) is 0 Å². The lowest BCUT2D eigenvalue weighted by Gasteiger charge is -2.21. The minimum Gasteiger partial charge on any atom is -0.457 e. The molecule has 19 heavy (non-hydrogen) atoms. The van der Waals surface area contributed by atoms with Crippen molar-refractivity contribution in [3.05, 3.63) is 23.7 Å². The Morgan fingerprint density at radius 3 is 2.00 bits per heavy atom. The molecule has 2 N–H and O–H groups in total. The topological polar surface area (TPSA) is 85.2 Å². The quantitative estimate of drug-likeness (QED) is 0.553. The van der Waals surface area contributed by atoms with E-state index in [-0.39, 0.29) is 6.61 Å². The van der Waals surface area contributed by atoms with Crippen molar-refractivity contribution in [3.8, 4) is 0 Å². The van der Waals surface area contributed by atoms with Crippen LogP contribution in [0.1, 0.15) is 38.5 Å². The van der Waals surface area contributed by atoms with Crippen LogP contribution in [0.2, 0.25) is 0 Å². The van der Waals surface area contributed by atoms with E-state index in [1.807, 2.05) is 12.2 Å². The van der Waals surface area contributed by atoms with Gasteiger partial charge < -0.3 is 19.3 Å². The maximum absolute atomic E-state index is 10.7. The van der Waals surface area contributed by atoms with E-state index < -0.39 is 14.1 Å². The summed E-state index contributed by atoms with van der Waals surface area (Å²) in [6, 6.07) is 0. The van der Waals surface area contributed by atoms with E-state index in [0.29, 0.717) is 0 Å². The first-order chi connectivity index (χ1) is 9.03. The summed E-state index contributed by atoms with van der Waals surface area (Å²) in [6.07, 6.45) is 8.78. The van der Waals surface area contributed by atoms with E-state index in [0.717, 1.165) is 50.0 Å². The van der Waals surface area contributed by atoms with Crippen LogP contribution in [0.4, 0.5) is 0 Å². The lowest BCUT2D eigenvalue weighted by atomic mass is 10.3. The van der Waals surface area contributed by atoms with Gasteiger partial charge in [-0.05, 0) is 37.8 Å². The molecule has 2 aliphatic rings. The summed E-state index contributed by atoms with van der Waals surface area (Å²) < 4.78 is 26.4. The van der Waals surface area contributed by atoms with E-state index in [1.54, 1.807) is 0 Å². The van der Waals surface area contributed by atoms with E-state index in [4.69, 9.17) is 19.3 Å². The number of phosphoric ester groups is 1. The van der Waals surface area contributed by atoms with Crippen molar-refractivity contribution >= 4 is 7.82 Å². The number of allylic oxidation sites excluding steroid dienone is 4. The van der Waals surface area contributed by atoms with Crippen LogP contribution >= 0.6 is 7.82 Å². The van der Waals surface area contributed by atoms with Gasteiger partial charge in [0.1, 0.15) is 6.61 Å². The van der Waals surface area contributed by atoms with Crippen LogP contribution in [-0.2, 0) is 18.6 Å². The Hall–Kier alpha value is -0.810. The first-order valence-corrected chi connectivity index (χ1v) is 7.97. The Morgan fingerprint density at radius 2 is 1.63 bits per heavy atom. The number of phosphoric acid groups is 1. The van der Waals surface area contributed by atoms with Gasteiger partial charge in [0.25, 0.3) is 6.29 Å². The molecule has 0 aliphatic heterocycles. The van der Waals surface area contributed by atoms with Gasteiger partial charge in [0.05, 0.1) is 11.5 Å². The van der Waals surface area contributed by atoms with Gasteiger partial charge >= 0.3 is 7.82 Å². The Bertz CT molecular complexity index is 384. The van der Waals surface area contributed by atoms with Crippen LogP contribution in [-0.4, -0.2) is 22.7 Å². The van der Waals surface area contributed by atoms with Crippen molar-refractivity contribution in [2.24, 2.45) is 0 Å². The molecule has 0 amide bonds. The molecule has 6 nitrogen and oxygen atoms in total. The molecule has 0 aromatic heterocycles. The molecule has 0 aromatic carbocycles. The van der Waals surface area contributed by atoms with Gasteiger partial charge in [-0.2, -0.15) is 0 Å². The molecule has 2 aliphatic carbocycles. The summed E-state index contributed by atoms with van der Waals surface area (Å²) in [5, 5.41) is 0. The fourth-order valence-electron chi connectivity index (χ4n) is 2.08. The zero-order chi connectivity index (χ0) is 13.7. The first-order valence-electron chi connectivity index (χ1n) is 6.44. The fourth-order valence-corrected chi connectivity index (χ4v) is 2.40. The molecule has 0 unspecified atom stereocenters. The molecule has 0 saturated heterocycles. The highest BCUT2D eigenvalue weighted by Crippen LogP contribution is 2.36. The lowest BCUT2D eigenvalue weighted by molar-refractivity contribution is -0.113. The minimum absolute atomic E-state index is 0.293. The van der Waals surface area contributed by atoms with Gasteiger partial charge in [0.15, 0.2) is 0 Å². The van der Waals surface area contributed by atoms with Crippen LogP contribution in [0.5, 0.6) is 0 Å². The van der Waals surface area contributed by atoms with Crippen molar-refractivity contribution in [2.75, 3.05) is 6.61 Å². The molecule has 7 heteroatoms. The SMILES string of the molecule is O=P(O)(O)OCC(OC1=CCCC1)OC1=CCCC1. The second kappa shape index (κ2) is 6.57. The molecule has 0 heterocycles. The summed E-state index contributed by atoms with van der Waals surface area (Å²) in [5.74, 6) is 1.61. The summed E-state index contributed by atoms with van der Waals surface area (Å²) in [6.45, 7) is -0.293. The number of ether oxygens (including phenoxy) is 2. The van der Waals surface area contributed by atoms with E-state index in [1.165, 1.54) is 0 Å². The van der Waals surface area contributed by atoms with Gasteiger partial charge in [-0.1, -0.05) is 0 Å². The van der Waals surface area contributed by atoms with Crippen molar-refractivity contribution in [2.45, 2.75) is 44.8 Å². The normalized spacial score (nSPS) is 19.5. The van der Waals surface area contributed by atoms with Crippen LogP contribution in [0, 0.1) is 0 Å². The molecule has 108 valence electrons. The maximum atomic E-state index is 10.7. The smallest absolute Gasteiger partial charge is 0.457 e. The molecule has 0 atom stereocenters. The Labute approximate surface area is 112 Å². The Kier molecular flexibility index (Phi) is 5.05. The molecule has 0 saturated carbocycles. The van der Waals surface area contributed by atoms with E-state index >= 15 is 0 Å². The Morgan fingerprint density at radius 1 is 1.11 bits per heavy atom. The van der Waals surface area contributed by atoms with Gasteiger partial charge in [-0.3, -0.25) is 4.52 Å². The van der Waals surface area contributed by atoms with Crippen LogP contribution in [0.25, 0.3) is 0 Å². The molecule has 2 rings (SSSR count). The minimum atomic E-state index is -4.51. The zero-order valence-electron chi connectivity index (χ0n) is 10.7. The third-order valence-electron chi connectivity index (χ3n) is 2.94. The summed E-state index contributed by atoms with van der Waals surface area (Å²) >= 11 is 0. The highest BCUT2D eigenvalue weighted by Gasteiger charge is 2.23. The van der Waals surface area contributed by atoms with Crippen molar-refractivity contribution < 1.29 is 28.3 Å². The number of rotatable bonds is 7. The first kappa shape index (κ1) is 14.6. The molecule has 0 fully saturated rings. The second-order valence-corrected chi connectivity index (χ2v) is 5.82. The molecule has 0 bridgehead atoms. The molecule has 0 spiro atoms. The largest absolute Gasteiger partial charge is 0.469 e. The van der Waals surface area contributed by atoms with Crippen LogP contribution in [0.15, 0.2) is 23.7 Å². The number of hydrogen-bond acceptors (Lipinski definition) is 4. The predicted octanol–water partition coefficient (Wildman–Crippen LogP) is 2.59. The van der Waals surface area contributed by atoms with E-state index in [9.17, 15) is 4.57 Å².